The molecule has 0 bridgehead atoms. The minimum atomic E-state index is -0.316. The average Bonchev–Trinajstić information content (AvgIpc) is 2.57. The summed E-state index contributed by atoms with van der Waals surface area (Å²) in [7, 11) is 0. The predicted molar refractivity (Wildman–Crippen MR) is 97.0 cm³/mol. The molecule has 5 nitrogen and oxygen atoms in total. The monoisotopic (exact) mass is 415 g/mol. The molecular weight excluding hydrogens is 398 g/mol. The number of hydrogen-bond acceptors (Lipinski definition) is 5. The molecule has 0 spiro atoms. The number of halogens is 2. The van der Waals surface area contributed by atoms with Gasteiger partial charge in [-0.15, -0.1) is 12.4 Å². The van der Waals surface area contributed by atoms with E-state index in [0.717, 1.165) is 15.8 Å². The third-order valence-electron chi connectivity index (χ3n) is 3.90. The molecule has 0 radical (unpaired) electrons. The molecule has 3 rings (SSSR count). The first kappa shape index (κ1) is 18.9. The number of nitrogens with two attached hydrogens (primary N) is 1. The fourth-order valence-corrected chi connectivity index (χ4v) is 3.00. The number of hydrogen-bond donors (Lipinski definition) is 3. The molecule has 1 heterocycles. The van der Waals surface area contributed by atoms with Gasteiger partial charge in [0, 0.05) is 23.0 Å². The molecular formula is C17H19BrClNO4. The van der Waals surface area contributed by atoms with Crippen LogP contribution in [0, 0.1) is 0 Å². The van der Waals surface area contributed by atoms with Gasteiger partial charge in [-0.2, -0.15) is 0 Å². The van der Waals surface area contributed by atoms with Crippen molar-refractivity contribution in [3.05, 3.63) is 52.0 Å². The lowest BCUT2D eigenvalue weighted by Gasteiger charge is -2.32. The zero-order chi connectivity index (χ0) is 16.4. The summed E-state index contributed by atoms with van der Waals surface area (Å²) in [5.41, 5.74) is 7.28. The number of phenolic OH excluding ortho intramolecular Hbond substituents is 2. The second-order valence-electron chi connectivity index (χ2n) is 5.45. The van der Waals surface area contributed by atoms with E-state index in [1.54, 1.807) is 6.07 Å². The predicted octanol–water partition coefficient (Wildman–Crippen LogP) is 3.30. The van der Waals surface area contributed by atoms with Crippen molar-refractivity contribution in [3.63, 3.8) is 0 Å². The van der Waals surface area contributed by atoms with Crippen molar-refractivity contribution in [2.45, 2.75) is 18.6 Å². The molecule has 1 aliphatic rings. The largest absolute Gasteiger partial charge is 0.504 e. The summed E-state index contributed by atoms with van der Waals surface area (Å²) in [6.45, 7) is 0.638. The highest BCUT2D eigenvalue weighted by Crippen LogP contribution is 2.39. The molecule has 130 valence electrons. The van der Waals surface area contributed by atoms with Crippen molar-refractivity contribution in [3.8, 4) is 17.2 Å². The van der Waals surface area contributed by atoms with Crippen LogP contribution in [0.5, 0.6) is 17.2 Å². The molecule has 0 saturated heterocycles. The summed E-state index contributed by atoms with van der Waals surface area (Å²) < 4.78 is 12.7. The number of ether oxygens (including phenoxy) is 2. The maximum Gasteiger partial charge on any atom is 0.161 e. The zero-order valence-electron chi connectivity index (χ0n) is 12.8. The van der Waals surface area contributed by atoms with Gasteiger partial charge in [-0.25, -0.2) is 0 Å². The van der Waals surface area contributed by atoms with Crippen molar-refractivity contribution >= 4 is 28.3 Å². The molecule has 24 heavy (non-hydrogen) atoms. The van der Waals surface area contributed by atoms with E-state index < -0.39 is 0 Å². The normalized spacial score (nSPS) is 19.2. The zero-order valence-corrected chi connectivity index (χ0v) is 15.2. The van der Waals surface area contributed by atoms with Gasteiger partial charge in [-0.3, -0.25) is 0 Å². The van der Waals surface area contributed by atoms with Gasteiger partial charge >= 0.3 is 0 Å². The minimum Gasteiger partial charge on any atom is -0.504 e. The van der Waals surface area contributed by atoms with Crippen molar-refractivity contribution in [1.29, 1.82) is 0 Å². The van der Waals surface area contributed by atoms with Gasteiger partial charge in [-0.05, 0) is 35.9 Å². The van der Waals surface area contributed by atoms with E-state index in [4.69, 9.17) is 15.2 Å². The summed E-state index contributed by atoms with van der Waals surface area (Å²) in [6, 6.07) is 10.7. The molecule has 0 saturated carbocycles. The molecule has 4 N–H and O–H groups in total. The lowest BCUT2D eigenvalue weighted by atomic mass is 9.93. The molecule has 0 aromatic heterocycles. The molecule has 1 aliphatic heterocycles. The van der Waals surface area contributed by atoms with Crippen molar-refractivity contribution in [2.24, 2.45) is 5.73 Å². The fourth-order valence-electron chi connectivity index (χ4n) is 2.74. The third kappa shape index (κ3) is 3.95. The van der Waals surface area contributed by atoms with Crippen LogP contribution < -0.4 is 10.5 Å². The first-order chi connectivity index (χ1) is 11.1. The van der Waals surface area contributed by atoms with Gasteiger partial charge in [0.1, 0.15) is 12.4 Å². The SMILES string of the molecule is Cl.NC[C@@H]1O[C@H](COc2ccc(Br)cc2)Cc2c1ccc(O)c2O. The van der Waals surface area contributed by atoms with E-state index in [-0.39, 0.29) is 36.1 Å². The van der Waals surface area contributed by atoms with E-state index in [0.29, 0.717) is 25.1 Å². The van der Waals surface area contributed by atoms with Crippen LogP contribution in [0.1, 0.15) is 17.2 Å². The summed E-state index contributed by atoms with van der Waals surface area (Å²) in [5, 5.41) is 19.8. The standard InChI is InChI=1S/C17H18BrNO4.ClH/c18-10-1-3-11(4-2-10)22-9-12-7-14-13(16(8-19)23-12)5-6-15(20)17(14)21;/h1-6,12,16,20-21H,7-9,19H2;1H/t12-,16-;/m0./s1. The van der Waals surface area contributed by atoms with E-state index in [1.807, 2.05) is 24.3 Å². The highest BCUT2D eigenvalue weighted by molar-refractivity contribution is 9.10. The summed E-state index contributed by atoms with van der Waals surface area (Å²) >= 11 is 3.38. The Bertz CT molecular complexity index is 696. The Morgan fingerprint density at radius 1 is 1.17 bits per heavy atom. The van der Waals surface area contributed by atoms with Crippen molar-refractivity contribution in [1.82, 2.24) is 0 Å². The maximum absolute atomic E-state index is 10.1. The van der Waals surface area contributed by atoms with E-state index in [2.05, 4.69) is 15.9 Å². The van der Waals surface area contributed by atoms with Crippen LogP contribution in [0.15, 0.2) is 40.9 Å². The van der Waals surface area contributed by atoms with Crippen LogP contribution in [-0.2, 0) is 11.2 Å². The number of rotatable bonds is 4. The highest BCUT2D eigenvalue weighted by atomic mass is 79.9. The van der Waals surface area contributed by atoms with Gasteiger partial charge in [0.05, 0.1) is 12.2 Å². The molecule has 2 aromatic carbocycles. The lowest BCUT2D eigenvalue weighted by Crippen LogP contribution is -2.34. The second kappa shape index (κ2) is 8.07. The molecule has 2 atom stereocenters. The van der Waals surface area contributed by atoms with Gasteiger partial charge in [0.2, 0.25) is 0 Å². The van der Waals surface area contributed by atoms with Crippen molar-refractivity contribution in [2.75, 3.05) is 13.2 Å². The Morgan fingerprint density at radius 2 is 1.88 bits per heavy atom. The van der Waals surface area contributed by atoms with Crippen LogP contribution in [0.25, 0.3) is 0 Å². The van der Waals surface area contributed by atoms with Crippen LogP contribution in [0.3, 0.4) is 0 Å². The molecule has 0 amide bonds. The smallest absolute Gasteiger partial charge is 0.161 e. The summed E-state index contributed by atoms with van der Waals surface area (Å²) in [4.78, 5) is 0. The Labute approximate surface area is 154 Å². The minimum absolute atomic E-state index is 0. The van der Waals surface area contributed by atoms with Crippen LogP contribution in [0.4, 0.5) is 0 Å². The first-order valence-corrected chi connectivity index (χ1v) is 8.15. The first-order valence-electron chi connectivity index (χ1n) is 7.36. The van der Waals surface area contributed by atoms with Gasteiger partial charge in [0.15, 0.2) is 11.5 Å². The third-order valence-corrected chi connectivity index (χ3v) is 4.43. The topological polar surface area (TPSA) is 84.9 Å². The lowest BCUT2D eigenvalue weighted by molar-refractivity contribution is -0.0422. The van der Waals surface area contributed by atoms with Crippen LogP contribution in [0.2, 0.25) is 0 Å². The number of benzene rings is 2. The van der Waals surface area contributed by atoms with Crippen LogP contribution >= 0.6 is 28.3 Å². The molecule has 7 heteroatoms. The second-order valence-corrected chi connectivity index (χ2v) is 6.37. The average molecular weight is 417 g/mol. The molecule has 0 aliphatic carbocycles. The fraction of sp³-hybridized carbons (Fsp3) is 0.294. The number of aromatic hydroxyl groups is 2. The Hall–Kier alpha value is -1.47. The van der Waals surface area contributed by atoms with Crippen LogP contribution in [-0.4, -0.2) is 29.5 Å². The van der Waals surface area contributed by atoms with E-state index in [1.165, 1.54) is 6.07 Å². The maximum atomic E-state index is 10.1. The highest BCUT2D eigenvalue weighted by Gasteiger charge is 2.30. The Balaban J connectivity index is 0.00000208. The summed E-state index contributed by atoms with van der Waals surface area (Å²) in [5.74, 6) is 0.513. The summed E-state index contributed by atoms with van der Waals surface area (Å²) in [6.07, 6.45) is -0.0982. The molecule has 2 aromatic rings. The van der Waals surface area contributed by atoms with E-state index >= 15 is 0 Å². The Kier molecular flexibility index (Phi) is 6.34. The number of fused-ring (bicyclic) bond motifs is 1. The Morgan fingerprint density at radius 3 is 2.54 bits per heavy atom. The van der Waals surface area contributed by atoms with E-state index in [9.17, 15) is 10.2 Å². The van der Waals surface area contributed by atoms with Gasteiger partial charge < -0.3 is 25.4 Å². The van der Waals surface area contributed by atoms with Gasteiger partial charge in [0.25, 0.3) is 0 Å². The molecule has 0 unspecified atom stereocenters. The quantitative estimate of drug-likeness (QED) is 0.666. The number of phenols is 2. The van der Waals surface area contributed by atoms with Gasteiger partial charge in [-0.1, -0.05) is 22.0 Å². The molecule has 0 fully saturated rings. The van der Waals surface area contributed by atoms with Crippen molar-refractivity contribution < 1.29 is 19.7 Å².